The highest BCUT2D eigenvalue weighted by atomic mass is 79.9. The second-order valence-electron chi connectivity index (χ2n) is 2.20. The van der Waals surface area contributed by atoms with E-state index in [4.69, 9.17) is 5.26 Å². The van der Waals surface area contributed by atoms with Crippen LogP contribution in [0, 0.1) is 11.3 Å². The molecule has 0 amide bonds. The molecule has 62 valence electrons. The maximum atomic E-state index is 12.7. The van der Waals surface area contributed by atoms with Crippen LogP contribution in [0.5, 0.6) is 0 Å². The summed E-state index contributed by atoms with van der Waals surface area (Å²) in [6, 6.07) is 6.46. The van der Waals surface area contributed by atoms with Crippen molar-refractivity contribution in [2.75, 3.05) is 0 Å². The molecule has 0 saturated heterocycles. The number of hydrogen-bond donors (Lipinski definition) is 0. The van der Waals surface area contributed by atoms with E-state index in [2.05, 4.69) is 15.9 Å². The third kappa shape index (κ3) is 1.80. The molecule has 0 unspecified atom stereocenters. The molecule has 0 spiro atoms. The normalized spacial score (nSPS) is 10.8. The van der Waals surface area contributed by atoms with Gasteiger partial charge in [0.05, 0.1) is 0 Å². The highest BCUT2D eigenvalue weighted by Crippen LogP contribution is 2.28. The van der Waals surface area contributed by atoms with Gasteiger partial charge in [0.25, 0.3) is 0 Å². The summed E-state index contributed by atoms with van der Waals surface area (Å²) in [5, 5.41) is 8.12. The van der Waals surface area contributed by atoms with Crippen LogP contribution in [-0.4, -0.2) is 0 Å². The van der Waals surface area contributed by atoms with Crippen molar-refractivity contribution in [3.63, 3.8) is 0 Å². The Bertz CT molecular complexity index is 330. The zero-order valence-electron chi connectivity index (χ0n) is 5.89. The van der Waals surface area contributed by atoms with Crippen molar-refractivity contribution in [3.05, 3.63) is 34.3 Å². The SMILES string of the molecule is N#CC(F)(F)c1cccc(Br)c1. The van der Waals surface area contributed by atoms with Crippen molar-refractivity contribution in [1.82, 2.24) is 0 Å². The van der Waals surface area contributed by atoms with Gasteiger partial charge in [0.15, 0.2) is 0 Å². The minimum Gasteiger partial charge on any atom is -0.191 e. The molecule has 0 fully saturated rings. The van der Waals surface area contributed by atoms with E-state index in [1.54, 1.807) is 6.07 Å². The number of nitrogens with zero attached hydrogens (tertiary/aromatic N) is 1. The van der Waals surface area contributed by atoms with Gasteiger partial charge < -0.3 is 0 Å². The lowest BCUT2D eigenvalue weighted by Crippen LogP contribution is -2.09. The van der Waals surface area contributed by atoms with E-state index in [9.17, 15) is 8.78 Å². The number of alkyl halides is 2. The summed E-state index contributed by atoms with van der Waals surface area (Å²) in [4.78, 5) is 0. The summed E-state index contributed by atoms with van der Waals surface area (Å²) in [5.74, 6) is -3.40. The Morgan fingerprint density at radius 3 is 2.58 bits per heavy atom. The maximum absolute atomic E-state index is 12.7. The van der Waals surface area contributed by atoms with Crippen molar-refractivity contribution in [1.29, 1.82) is 5.26 Å². The molecule has 1 aromatic carbocycles. The third-order valence-electron chi connectivity index (χ3n) is 1.33. The van der Waals surface area contributed by atoms with Crippen LogP contribution in [0.25, 0.3) is 0 Å². The van der Waals surface area contributed by atoms with Gasteiger partial charge in [0.1, 0.15) is 6.07 Å². The number of rotatable bonds is 1. The molecule has 0 bridgehead atoms. The highest BCUT2D eigenvalue weighted by Gasteiger charge is 2.30. The Morgan fingerprint density at radius 2 is 2.08 bits per heavy atom. The Labute approximate surface area is 76.8 Å². The first-order valence-corrected chi connectivity index (χ1v) is 3.90. The van der Waals surface area contributed by atoms with Crippen LogP contribution >= 0.6 is 15.9 Å². The number of hydrogen-bond acceptors (Lipinski definition) is 1. The zero-order chi connectivity index (χ0) is 9.19. The van der Waals surface area contributed by atoms with Crippen LogP contribution in [0.3, 0.4) is 0 Å². The molecule has 1 rings (SSSR count). The largest absolute Gasteiger partial charge is 0.357 e. The maximum Gasteiger partial charge on any atom is 0.357 e. The summed E-state index contributed by atoms with van der Waals surface area (Å²) in [6.07, 6.45) is 0. The molecule has 0 atom stereocenters. The van der Waals surface area contributed by atoms with Crippen LogP contribution in [0.4, 0.5) is 8.78 Å². The average molecular weight is 232 g/mol. The summed E-state index contributed by atoms with van der Waals surface area (Å²) >= 11 is 3.04. The molecule has 1 aromatic rings. The van der Waals surface area contributed by atoms with Crippen LogP contribution in [-0.2, 0) is 5.92 Å². The van der Waals surface area contributed by atoms with Crippen LogP contribution in [0.2, 0.25) is 0 Å². The van der Waals surface area contributed by atoms with Crippen molar-refractivity contribution in [2.45, 2.75) is 5.92 Å². The Morgan fingerprint density at radius 1 is 1.42 bits per heavy atom. The van der Waals surface area contributed by atoms with Crippen molar-refractivity contribution >= 4 is 15.9 Å². The van der Waals surface area contributed by atoms with Gasteiger partial charge in [-0.05, 0) is 12.1 Å². The van der Waals surface area contributed by atoms with Crippen molar-refractivity contribution in [2.24, 2.45) is 0 Å². The fraction of sp³-hybridized carbons (Fsp3) is 0.125. The Hall–Kier alpha value is -0.950. The fourth-order valence-electron chi connectivity index (χ4n) is 0.748. The number of benzene rings is 1. The predicted molar refractivity (Wildman–Crippen MR) is 43.6 cm³/mol. The molecule has 0 heterocycles. The first-order valence-electron chi connectivity index (χ1n) is 3.11. The van der Waals surface area contributed by atoms with E-state index in [1.165, 1.54) is 18.2 Å². The van der Waals surface area contributed by atoms with Gasteiger partial charge in [0, 0.05) is 10.0 Å². The molecule has 0 radical (unpaired) electrons. The minimum atomic E-state index is -3.40. The molecular formula is C8H4BrF2N. The van der Waals surface area contributed by atoms with E-state index >= 15 is 0 Å². The second-order valence-corrected chi connectivity index (χ2v) is 3.11. The summed E-state index contributed by atoms with van der Waals surface area (Å²) < 4.78 is 25.9. The summed E-state index contributed by atoms with van der Waals surface area (Å²) in [7, 11) is 0. The Kier molecular flexibility index (Phi) is 2.43. The molecule has 12 heavy (non-hydrogen) atoms. The van der Waals surface area contributed by atoms with Gasteiger partial charge in [-0.3, -0.25) is 0 Å². The second kappa shape index (κ2) is 3.20. The van der Waals surface area contributed by atoms with Gasteiger partial charge in [-0.1, -0.05) is 28.1 Å². The van der Waals surface area contributed by atoms with E-state index < -0.39 is 5.92 Å². The molecule has 4 heteroatoms. The molecule has 0 aliphatic heterocycles. The van der Waals surface area contributed by atoms with Gasteiger partial charge in [-0.15, -0.1) is 0 Å². The summed E-state index contributed by atoms with van der Waals surface area (Å²) in [5.41, 5.74) is -0.292. The fourth-order valence-corrected chi connectivity index (χ4v) is 1.15. The molecule has 0 N–H and O–H groups in total. The lowest BCUT2D eigenvalue weighted by molar-refractivity contribution is 0.0612. The lowest BCUT2D eigenvalue weighted by atomic mass is 10.1. The third-order valence-corrected chi connectivity index (χ3v) is 1.82. The van der Waals surface area contributed by atoms with Crippen LogP contribution in [0.1, 0.15) is 5.56 Å². The van der Waals surface area contributed by atoms with Gasteiger partial charge in [-0.2, -0.15) is 14.0 Å². The lowest BCUT2D eigenvalue weighted by Gasteiger charge is -2.06. The van der Waals surface area contributed by atoms with Crippen molar-refractivity contribution in [3.8, 4) is 6.07 Å². The van der Waals surface area contributed by atoms with E-state index in [0.717, 1.165) is 6.07 Å². The molecule has 1 nitrogen and oxygen atoms in total. The van der Waals surface area contributed by atoms with Crippen LogP contribution < -0.4 is 0 Å². The van der Waals surface area contributed by atoms with E-state index in [-0.39, 0.29) is 5.56 Å². The van der Waals surface area contributed by atoms with Crippen molar-refractivity contribution < 1.29 is 8.78 Å². The smallest absolute Gasteiger partial charge is 0.191 e. The zero-order valence-corrected chi connectivity index (χ0v) is 7.48. The first-order chi connectivity index (χ1) is 5.56. The highest BCUT2D eigenvalue weighted by molar-refractivity contribution is 9.10. The molecule has 0 aromatic heterocycles. The topological polar surface area (TPSA) is 23.8 Å². The molecule has 0 aliphatic carbocycles. The van der Waals surface area contributed by atoms with Gasteiger partial charge >= 0.3 is 5.92 Å². The molecule has 0 saturated carbocycles. The quantitative estimate of drug-likeness (QED) is 0.729. The van der Waals surface area contributed by atoms with Crippen LogP contribution in [0.15, 0.2) is 28.7 Å². The van der Waals surface area contributed by atoms with Gasteiger partial charge in [-0.25, -0.2) is 0 Å². The summed E-state index contributed by atoms with van der Waals surface area (Å²) in [6.45, 7) is 0. The monoisotopic (exact) mass is 231 g/mol. The van der Waals surface area contributed by atoms with E-state index in [1.807, 2.05) is 0 Å². The molecular weight excluding hydrogens is 228 g/mol. The average Bonchev–Trinajstić information content (AvgIpc) is 2.05. The van der Waals surface area contributed by atoms with Gasteiger partial charge in [0.2, 0.25) is 0 Å². The standard InChI is InChI=1S/C8H4BrF2N/c9-7-3-1-2-6(4-7)8(10,11)5-12/h1-4H. The van der Waals surface area contributed by atoms with E-state index in [0.29, 0.717) is 4.47 Å². The number of nitriles is 1. The predicted octanol–water partition coefficient (Wildman–Crippen LogP) is 3.06. The Balaban J connectivity index is 3.14. The molecule has 0 aliphatic rings. The first kappa shape index (κ1) is 9.14. The number of halogens is 3. The minimum absolute atomic E-state index is 0.292.